The first kappa shape index (κ1) is 27.5. The zero-order chi connectivity index (χ0) is 28.8. The molecule has 2 aliphatic heterocycles. The fourth-order valence-corrected chi connectivity index (χ4v) is 5.20. The van der Waals surface area contributed by atoms with Crippen molar-refractivity contribution in [2.24, 2.45) is 5.11 Å². The summed E-state index contributed by atoms with van der Waals surface area (Å²) in [6.45, 7) is 0.127. The van der Waals surface area contributed by atoms with Gasteiger partial charge in [-0.15, -0.1) is 0 Å². The smallest absolute Gasteiger partial charge is 0.211 e. The number of aliphatic hydroxyl groups excluding tert-OH is 4. The second-order valence-electron chi connectivity index (χ2n) is 9.92. The van der Waals surface area contributed by atoms with Crippen LogP contribution in [0.25, 0.3) is 10.4 Å². The molecule has 2 aromatic carbocycles. The predicted molar refractivity (Wildman–Crippen MR) is 136 cm³/mol. The summed E-state index contributed by atoms with van der Waals surface area (Å²) < 4.78 is 42.5. The van der Waals surface area contributed by atoms with E-state index in [2.05, 4.69) is 15.1 Å². The summed E-state index contributed by atoms with van der Waals surface area (Å²) in [5, 5.41) is 41.2. The van der Waals surface area contributed by atoms with E-state index in [4.69, 9.17) is 29.9 Å². The Balaban J connectivity index is 1.37. The van der Waals surface area contributed by atoms with Gasteiger partial charge >= 0.3 is 0 Å². The number of ether oxygens (including phenoxy) is 6. The molecular weight excluding hydrogens is 526 g/mol. The Hall–Kier alpha value is -2.65. The number of rotatable bonds is 11. The first-order valence-electron chi connectivity index (χ1n) is 13.4. The zero-order valence-electron chi connectivity index (χ0n) is 22.5. The van der Waals surface area contributed by atoms with E-state index >= 15 is 0 Å². The highest BCUT2D eigenvalue weighted by Crippen LogP contribution is 2.35. The maximum Gasteiger partial charge on any atom is 0.211 e. The number of hydrogen-bond donors (Lipinski definition) is 4. The topological polar surface area (TPSA) is 185 Å². The van der Waals surface area contributed by atoms with Gasteiger partial charge < -0.3 is 48.8 Å². The molecule has 4 N–H and O–H groups in total. The largest absolute Gasteiger partial charge is 0.388 e. The Morgan fingerprint density at radius 1 is 0.875 bits per heavy atom. The molecule has 0 amide bonds. The SMILES string of the molecule is [3H]OC1C(O)C(O)C(OC2OC(COCc3ccccc3)C(O)C(OCc3ccccc3)C2N=[N+]=[N-])C2OCOC12. The third-order valence-corrected chi connectivity index (χ3v) is 7.31. The van der Waals surface area contributed by atoms with Crippen LogP contribution in [-0.4, -0.2) is 103 Å². The summed E-state index contributed by atoms with van der Waals surface area (Å²) in [7, 11) is 0. The van der Waals surface area contributed by atoms with Crippen LogP contribution in [0.5, 0.6) is 0 Å². The van der Waals surface area contributed by atoms with Crippen LogP contribution in [0.3, 0.4) is 0 Å². The molecule has 11 atom stereocenters. The van der Waals surface area contributed by atoms with E-state index in [1.54, 1.807) is 0 Å². The van der Waals surface area contributed by atoms with E-state index in [1.807, 2.05) is 60.7 Å². The quantitative estimate of drug-likeness (QED) is 0.174. The maximum absolute atomic E-state index is 11.3. The number of hydrogen-bond acceptors (Lipinski definition) is 11. The van der Waals surface area contributed by atoms with Gasteiger partial charge in [-0.2, -0.15) is 0 Å². The van der Waals surface area contributed by atoms with Gasteiger partial charge in [0.15, 0.2) is 6.29 Å². The Morgan fingerprint density at radius 3 is 2.23 bits per heavy atom. The minimum Gasteiger partial charge on any atom is -0.388 e. The van der Waals surface area contributed by atoms with Gasteiger partial charge in [-0.05, 0) is 16.7 Å². The lowest BCUT2D eigenvalue weighted by atomic mass is 9.84. The van der Waals surface area contributed by atoms with Crippen molar-refractivity contribution in [1.29, 1.82) is 1.43 Å². The number of azide groups is 1. The molecule has 1 saturated carbocycles. The molecule has 40 heavy (non-hydrogen) atoms. The van der Waals surface area contributed by atoms with Crippen LogP contribution in [0, 0.1) is 0 Å². The summed E-state index contributed by atoms with van der Waals surface area (Å²) in [6, 6.07) is 17.5. The molecule has 2 aromatic rings. The number of benzene rings is 2. The Morgan fingerprint density at radius 2 is 1.55 bits per heavy atom. The second kappa shape index (κ2) is 13.3. The van der Waals surface area contributed by atoms with Gasteiger partial charge in [-0.1, -0.05) is 65.8 Å². The summed E-state index contributed by atoms with van der Waals surface area (Å²) in [4.78, 5) is 2.93. The standard InChI is InChI=1S/C27H33N3O10/c28-30-29-18-23(36-12-16-9-5-2-6-10-16)19(31)17(13-35-11-15-7-3-1-4-8-15)39-27(18)40-25-22(34)20(32)21(33)24-26(25)38-14-37-24/h1-10,17-27,31-34H,11-14H2/i33T. The molecule has 3 aliphatic rings. The van der Waals surface area contributed by atoms with Crippen molar-refractivity contribution in [1.82, 2.24) is 0 Å². The van der Waals surface area contributed by atoms with Gasteiger partial charge in [0, 0.05) is 4.91 Å². The number of nitrogens with zero attached hydrogens (tertiary/aromatic N) is 3. The summed E-state index contributed by atoms with van der Waals surface area (Å²) >= 11 is 0. The molecule has 11 unspecified atom stereocenters. The van der Waals surface area contributed by atoms with Crippen LogP contribution in [0.2, 0.25) is 0 Å². The first-order chi connectivity index (χ1) is 20.0. The molecule has 0 radical (unpaired) electrons. The van der Waals surface area contributed by atoms with Gasteiger partial charge in [-0.25, -0.2) is 0 Å². The average molecular weight is 562 g/mol. The van der Waals surface area contributed by atoms with Crippen molar-refractivity contribution >= 4 is 0 Å². The molecule has 2 saturated heterocycles. The van der Waals surface area contributed by atoms with Gasteiger partial charge in [0.2, 0.25) is 1.43 Å². The molecular formula is C27H33N3O10. The molecule has 13 nitrogen and oxygen atoms in total. The normalized spacial score (nSPS) is 37.8. The molecule has 0 bridgehead atoms. The maximum atomic E-state index is 11.3. The van der Waals surface area contributed by atoms with Crippen LogP contribution in [0.4, 0.5) is 0 Å². The van der Waals surface area contributed by atoms with Crippen LogP contribution >= 0.6 is 0 Å². The van der Waals surface area contributed by atoms with Crippen molar-refractivity contribution in [2.75, 3.05) is 13.4 Å². The lowest BCUT2D eigenvalue weighted by Gasteiger charge is -2.47. The van der Waals surface area contributed by atoms with E-state index in [9.17, 15) is 20.9 Å². The molecule has 3 fully saturated rings. The Kier molecular flexibility index (Phi) is 9.18. The fourth-order valence-electron chi connectivity index (χ4n) is 5.20. The summed E-state index contributed by atoms with van der Waals surface area (Å²) in [6.07, 6.45) is -12.0. The Bertz CT molecular complexity index is 1150. The third-order valence-electron chi connectivity index (χ3n) is 7.31. The molecule has 0 aromatic heterocycles. The molecule has 2 heterocycles. The minimum absolute atomic E-state index is 0.0552. The van der Waals surface area contributed by atoms with Crippen LogP contribution < -0.4 is 0 Å². The molecule has 5 rings (SSSR count). The number of aliphatic hydroxyl groups is 4. The molecule has 216 valence electrons. The third kappa shape index (κ3) is 6.30. The lowest BCUT2D eigenvalue weighted by Crippen LogP contribution is -2.66. The van der Waals surface area contributed by atoms with E-state index in [-0.39, 0.29) is 26.6 Å². The van der Waals surface area contributed by atoms with E-state index < -0.39 is 67.3 Å². The van der Waals surface area contributed by atoms with Gasteiger partial charge in [0.1, 0.15) is 61.7 Å². The van der Waals surface area contributed by atoms with Crippen LogP contribution in [-0.2, 0) is 41.6 Å². The van der Waals surface area contributed by atoms with Crippen LogP contribution in [0.1, 0.15) is 11.1 Å². The van der Waals surface area contributed by atoms with Gasteiger partial charge in [-0.3, -0.25) is 0 Å². The van der Waals surface area contributed by atoms with E-state index in [1.165, 1.54) is 0 Å². The van der Waals surface area contributed by atoms with Crippen molar-refractivity contribution in [3.8, 4) is 0 Å². The highest BCUT2D eigenvalue weighted by atomic mass is 16.7. The minimum atomic E-state index is -1.56. The predicted octanol–water partition coefficient (Wildman–Crippen LogP) is 0.776. The molecule has 13 heteroatoms. The highest BCUT2D eigenvalue weighted by molar-refractivity contribution is 5.14. The second-order valence-corrected chi connectivity index (χ2v) is 9.92. The number of fused-ring (bicyclic) bond motifs is 1. The fraction of sp³-hybridized carbons (Fsp3) is 0.556. The first-order valence-corrected chi connectivity index (χ1v) is 13.0. The van der Waals surface area contributed by atoms with E-state index in [0.29, 0.717) is 0 Å². The van der Waals surface area contributed by atoms with Crippen LogP contribution in [0.15, 0.2) is 65.8 Å². The summed E-state index contributed by atoms with van der Waals surface area (Å²) in [5.41, 5.74) is 11.1. The van der Waals surface area contributed by atoms with Crippen molar-refractivity contribution in [3.05, 3.63) is 82.2 Å². The molecule has 0 spiro atoms. The van der Waals surface area contributed by atoms with Crippen molar-refractivity contribution < 1.29 is 48.8 Å². The van der Waals surface area contributed by atoms with Gasteiger partial charge in [0.25, 0.3) is 0 Å². The molecule has 1 aliphatic carbocycles. The van der Waals surface area contributed by atoms with Gasteiger partial charge in [0.05, 0.1) is 25.9 Å². The summed E-state index contributed by atoms with van der Waals surface area (Å²) in [5.74, 6) is 0. The average Bonchev–Trinajstić information content (AvgIpc) is 3.48. The van der Waals surface area contributed by atoms with E-state index in [0.717, 1.165) is 11.1 Å². The zero-order valence-corrected chi connectivity index (χ0v) is 21.5. The highest BCUT2D eigenvalue weighted by Gasteiger charge is 2.56. The van der Waals surface area contributed by atoms with Crippen molar-refractivity contribution in [2.45, 2.75) is 80.5 Å². The monoisotopic (exact) mass is 561 g/mol. The Labute approximate surface area is 231 Å². The lowest BCUT2D eigenvalue weighted by molar-refractivity contribution is -0.314. The van der Waals surface area contributed by atoms with Crippen molar-refractivity contribution in [3.63, 3.8) is 0 Å².